The molecule has 0 saturated carbocycles. The SMILES string of the molecule is CC(C)(C)c1ccccc1NS(=O)(=O)N1CCNCC1. The summed E-state index contributed by atoms with van der Waals surface area (Å²) in [6.45, 7) is 8.63. The summed E-state index contributed by atoms with van der Waals surface area (Å²) >= 11 is 0. The molecule has 1 aromatic carbocycles. The van der Waals surface area contributed by atoms with Crippen molar-refractivity contribution in [1.29, 1.82) is 0 Å². The zero-order valence-electron chi connectivity index (χ0n) is 12.3. The molecule has 2 N–H and O–H groups in total. The summed E-state index contributed by atoms with van der Waals surface area (Å²) in [7, 11) is -3.48. The summed E-state index contributed by atoms with van der Waals surface area (Å²) in [6.07, 6.45) is 0. The van der Waals surface area contributed by atoms with Gasteiger partial charge in [-0.3, -0.25) is 4.72 Å². The van der Waals surface area contributed by atoms with Crippen LogP contribution < -0.4 is 10.0 Å². The standard InChI is InChI=1S/C14H23N3O2S/c1-14(2,3)12-6-4-5-7-13(12)16-20(18,19)17-10-8-15-9-11-17/h4-7,15-16H,8-11H2,1-3H3. The fourth-order valence-electron chi connectivity index (χ4n) is 2.31. The van der Waals surface area contributed by atoms with Crippen molar-refractivity contribution in [3.63, 3.8) is 0 Å². The van der Waals surface area contributed by atoms with Crippen LogP contribution >= 0.6 is 0 Å². The first kappa shape index (κ1) is 15.3. The molecule has 0 aromatic heterocycles. The fourth-order valence-corrected chi connectivity index (χ4v) is 3.56. The van der Waals surface area contributed by atoms with E-state index in [1.165, 1.54) is 4.31 Å². The lowest BCUT2D eigenvalue weighted by molar-refractivity contribution is 0.362. The highest BCUT2D eigenvalue weighted by Gasteiger charge is 2.26. The Morgan fingerprint density at radius 1 is 1.15 bits per heavy atom. The molecule has 0 radical (unpaired) electrons. The Morgan fingerprint density at radius 2 is 1.75 bits per heavy atom. The van der Waals surface area contributed by atoms with Crippen LogP contribution in [0.1, 0.15) is 26.3 Å². The third-order valence-electron chi connectivity index (χ3n) is 3.39. The highest BCUT2D eigenvalue weighted by atomic mass is 32.2. The molecule has 1 saturated heterocycles. The molecule has 6 heteroatoms. The van der Waals surface area contributed by atoms with Crippen LogP contribution in [0.3, 0.4) is 0 Å². The Morgan fingerprint density at radius 3 is 2.35 bits per heavy atom. The van der Waals surface area contributed by atoms with Crippen molar-refractivity contribution in [3.8, 4) is 0 Å². The average molecular weight is 297 g/mol. The van der Waals surface area contributed by atoms with E-state index in [1.54, 1.807) is 0 Å². The smallest absolute Gasteiger partial charge is 0.301 e. The maximum absolute atomic E-state index is 12.4. The number of benzene rings is 1. The second-order valence-corrected chi connectivity index (χ2v) is 7.72. The van der Waals surface area contributed by atoms with Crippen LogP contribution in [0.4, 0.5) is 5.69 Å². The van der Waals surface area contributed by atoms with Gasteiger partial charge < -0.3 is 5.32 Å². The molecular formula is C14H23N3O2S. The van der Waals surface area contributed by atoms with Crippen LogP contribution in [-0.4, -0.2) is 38.9 Å². The molecule has 2 rings (SSSR count). The van der Waals surface area contributed by atoms with E-state index >= 15 is 0 Å². The van der Waals surface area contributed by atoms with Gasteiger partial charge in [-0.1, -0.05) is 39.0 Å². The zero-order valence-corrected chi connectivity index (χ0v) is 13.1. The number of piperazine rings is 1. The average Bonchev–Trinajstić information content (AvgIpc) is 2.39. The van der Waals surface area contributed by atoms with Gasteiger partial charge in [-0.05, 0) is 17.0 Å². The van der Waals surface area contributed by atoms with E-state index in [-0.39, 0.29) is 5.41 Å². The third-order valence-corrected chi connectivity index (χ3v) is 4.91. The molecule has 0 aliphatic carbocycles. The van der Waals surface area contributed by atoms with Crippen molar-refractivity contribution in [1.82, 2.24) is 9.62 Å². The monoisotopic (exact) mass is 297 g/mol. The lowest BCUT2D eigenvalue weighted by Crippen LogP contribution is -2.48. The van der Waals surface area contributed by atoms with Crippen LogP contribution in [0.25, 0.3) is 0 Å². The summed E-state index contributed by atoms with van der Waals surface area (Å²) in [5.74, 6) is 0. The van der Waals surface area contributed by atoms with E-state index in [0.717, 1.165) is 5.56 Å². The molecule has 112 valence electrons. The van der Waals surface area contributed by atoms with E-state index in [2.05, 4.69) is 30.8 Å². The third kappa shape index (κ3) is 3.50. The lowest BCUT2D eigenvalue weighted by atomic mass is 9.86. The first-order valence-electron chi connectivity index (χ1n) is 6.89. The van der Waals surface area contributed by atoms with Crippen LogP contribution in [0.2, 0.25) is 0 Å². The van der Waals surface area contributed by atoms with E-state index in [4.69, 9.17) is 0 Å². The van der Waals surface area contributed by atoms with E-state index in [1.807, 2.05) is 24.3 Å². The Labute approximate surface area is 121 Å². The van der Waals surface area contributed by atoms with Crippen molar-refractivity contribution >= 4 is 15.9 Å². The summed E-state index contributed by atoms with van der Waals surface area (Å²) < 4.78 is 29.1. The molecule has 0 amide bonds. The second kappa shape index (κ2) is 5.71. The Hall–Kier alpha value is -1.11. The summed E-state index contributed by atoms with van der Waals surface area (Å²) in [6, 6.07) is 7.57. The van der Waals surface area contributed by atoms with Crippen molar-refractivity contribution in [3.05, 3.63) is 29.8 Å². The Bertz CT molecular complexity index is 558. The van der Waals surface area contributed by atoms with Crippen LogP contribution in [-0.2, 0) is 15.6 Å². The normalized spacial score (nSPS) is 17.9. The van der Waals surface area contributed by atoms with Crippen molar-refractivity contribution < 1.29 is 8.42 Å². The maximum atomic E-state index is 12.4. The van der Waals surface area contributed by atoms with Gasteiger partial charge in [0.05, 0.1) is 5.69 Å². The lowest BCUT2D eigenvalue weighted by Gasteiger charge is -2.29. The van der Waals surface area contributed by atoms with Gasteiger partial charge in [-0.2, -0.15) is 12.7 Å². The van der Waals surface area contributed by atoms with Gasteiger partial charge in [0.25, 0.3) is 0 Å². The van der Waals surface area contributed by atoms with Gasteiger partial charge in [0.2, 0.25) is 0 Å². The fraction of sp³-hybridized carbons (Fsp3) is 0.571. The van der Waals surface area contributed by atoms with Crippen molar-refractivity contribution in [2.24, 2.45) is 0 Å². The molecule has 0 atom stereocenters. The number of nitrogens with zero attached hydrogens (tertiary/aromatic N) is 1. The van der Waals surface area contributed by atoms with Crippen LogP contribution in [0.5, 0.6) is 0 Å². The van der Waals surface area contributed by atoms with E-state index < -0.39 is 10.2 Å². The number of para-hydroxylation sites is 1. The van der Waals surface area contributed by atoms with Gasteiger partial charge in [0, 0.05) is 26.2 Å². The Kier molecular flexibility index (Phi) is 4.36. The topological polar surface area (TPSA) is 61.4 Å². The predicted octanol–water partition coefficient (Wildman–Crippen LogP) is 1.55. The molecule has 5 nitrogen and oxygen atoms in total. The second-order valence-electron chi connectivity index (χ2n) is 6.05. The molecule has 20 heavy (non-hydrogen) atoms. The molecule has 1 aliphatic heterocycles. The minimum absolute atomic E-state index is 0.109. The number of hydrogen-bond donors (Lipinski definition) is 2. The predicted molar refractivity (Wildman–Crippen MR) is 82.1 cm³/mol. The first-order chi connectivity index (χ1) is 9.31. The maximum Gasteiger partial charge on any atom is 0.301 e. The quantitative estimate of drug-likeness (QED) is 0.890. The van der Waals surface area contributed by atoms with Crippen LogP contribution in [0, 0.1) is 0 Å². The number of anilines is 1. The highest BCUT2D eigenvalue weighted by molar-refractivity contribution is 7.90. The minimum atomic E-state index is -3.48. The van der Waals surface area contributed by atoms with Gasteiger partial charge in [-0.25, -0.2) is 0 Å². The summed E-state index contributed by atoms with van der Waals surface area (Å²) in [5, 5.41) is 3.15. The molecular weight excluding hydrogens is 274 g/mol. The van der Waals surface area contributed by atoms with Crippen LogP contribution in [0.15, 0.2) is 24.3 Å². The summed E-state index contributed by atoms with van der Waals surface area (Å²) in [4.78, 5) is 0. The van der Waals surface area contributed by atoms with Gasteiger partial charge in [-0.15, -0.1) is 0 Å². The molecule has 0 bridgehead atoms. The largest absolute Gasteiger partial charge is 0.314 e. The summed E-state index contributed by atoms with van der Waals surface area (Å²) in [5.41, 5.74) is 1.56. The van der Waals surface area contributed by atoms with Crippen molar-refractivity contribution in [2.45, 2.75) is 26.2 Å². The molecule has 1 fully saturated rings. The molecule has 1 heterocycles. The van der Waals surface area contributed by atoms with E-state index in [0.29, 0.717) is 31.9 Å². The molecule has 0 spiro atoms. The molecule has 1 aromatic rings. The number of rotatable bonds is 3. The Balaban J connectivity index is 2.25. The highest BCUT2D eigenvalue weighted by Crippen LogP contribution is 2.30. The number of hydrogen-bond acceptors (Lipinski definition) is 3. The number of nitrogens with one attached hydrogen (secondary N) is 2. The van der Waals surface area contributed by atoms with E-state index in [9.17, 15) is 8.42 Å². The minimum Gasteiger partial charge on any atom is -0.314 e. The van der Waals surface area contributed by atoms with Crippen molar-refractivity contribution in [2.75, 3.05) is 30.9 Å². The van der Waals surface area contributed by atoms with Gasteiger partial charge in [0.1, 0.15) is 0 Å². The first-order valence-corrected chi connectivity index (χ1v) is 8.33. The van der Waals surface area contributed by atoms with Gasteiger partial charge in [0.15, 0.2) is 0 Å². The van der Waals surface area contributed by atoms with Gasteiger partial charge >= 0.3 is 10.2 Å². The zero-order chi connectivity index (χ0) is 14.8. The molecule has 1 aliphatic rings. The molecule has 0 unspecified atom stereocenters.